The normalized spacial score (nSPS) is 10.2. The summed E-state index contributed by atoms with van der Waals surface area (Å²) in [6, 6.07) is 1.86. The van der Waals surface area contributed by atoms with Gasteiger partial charge in [-0.1, -0.05) is 33.1 Å². The molecule has 0 saturated carbocycles. The number of carbonyl (C=O) groups is 1. The zero-order valence-corrected chi connectivity index (χ0v) is 12.0. The molecular weight excluding hydrogens is 238 g/mol. The SMILES string of the molecule is CCCCCNC(=O)c1cncc(NCCCC)c1. The van der Waals surface area contributed by atoms with Crippen LogP contribution in [0.25, 0.3) is 0 Å². The molecule has 1 aromatic rings. The fraction of sp³-hybridized carbons (Fsp3) is 0.600. The lowest BCUT2D eigenvalue weighted by atomic mass is 10.2. The van der Waals surface area contributed by atoms with Crippen LogP contribution < -0.4 is 10.6 Å². The van der Waals surface area contributed by atoms with Crippen molar-refractivity contribution in [1.29, 1.82) is 0 Å². The van der Waals surface area contributed by atoms with Crippen LogP contribution in [-0.2, 0) is 0 Å². The first-order valence-corrected chi connectivity index (χ1v) is 7.25. The molecule has 106 valence electrons. The lowest BCUT2D eigenvalue weighted by Crippen LogP contribution is -2.24. The molecule has 2 N–H and O–H groups in total. The summed E-state index contributed by atoms with van der Waals surface area (Å²) in [4.78, 5) is 16.0. The number of hydrogen-bond acceptors (Lipinski definition) is 3. The molecule has 0 radical (unpaired) electrons. The second kappa shape index (κ2) is 9.36. The van der Waals surface area contributed by atoms with Gasteiger partial charge in [0.05, 0.1) is 11.3 Å². The van der Waals surface area contributed by atoms with Gasteiger partial charge in [0.25, 0.3) is 5.91 Å². The largest absolute Gasteiger partial charge is 0.384 e. The molecule has 0 atom stereocenters. The molecule has 4 nitrogen and oxygen atoms in total. The summed E-state index contributed by atoms with van der Waals surface area (Å²) < 4.78 is 0. The zero-order valence-electron chi connectivity index (χ0n) is 12.0. The molecule has 0 aliphatic heterocycles. The van der Waals surface area contributed by atoms with Gasteiger partial charge in [-0.2, -0.15) is 0 Å². The van der Waals surface area contributed by atoms with Gasteiger partial charge in [-0.15, -0.1) is 0 Å². The summed E-state index contributed by atoms with van der Waals surface area (Å²) in [6.07, 6.45) is 8.98. The molecule has 1 amide bonds. The Bertz CT molecular complexity index is 379. The number of nitrogens with one attached hydrogen (secondary N) is 2. The molecular formula is C15H25N3O. The van der Waals surface area contributed by atoms with Gasteiger partial charge in [-0.05, 0) is 18.9 Å². The number of unbranched alkanes of at least 4 members (excludes halogenated alkanes) is 3. The summed E-state index contributed by atoms with van der Waals surface area (Å²) in [5.74, 6) is -0.0391. The van der Waals surface area contributed by atoms with E-state index >= 15 is 0 Å². The molecule has 0 aliphatic rings. The lowest BCUT2D eigenvalue weighted by Gasteiger charge is -2.08. The van der Waals surface area contributed by atoms with Crippen molar-refractivity contribution in [1.82, 2.24) is 10.3 Å². The number of carbonyl (C=O) groups excluding carboxylic acids is 1. The Morgan fingerprint density at radius 3 is 2.63 bits per heavy atom. The topological polar surface area (TPSA) is 54.0 Å². The minimum absolute atomic E-state index is 0.0391. The smallest absolute Gasteiger partial charge is 0.252 e. The van der Waals surface area contributed by atoms with Crippen LogP contribution in [0.5, 0.6) is 0 Å². The van der Waals surface area contributed by atoms with Gasteiger partial charge in [0.15, 0.2) is 0 Å². The molecule has 1 heterocycles. The molecule has 0 aromatic carbocycles. The Labute approximate surface area is 116 Å². The van der Waals surface area contributed by atoms with Crippen LogP contribution in [0.1, 0.15) is 56.3 Å². The quantitative estimate of drug-likeness (QED) is 0.673. The van der Waals surface area contributed by atoms with E-state index in [1.54, 1.807) is 12.4 Å². The van der Waals surface area contributed by atoms with Crippen LogP contribution in [-0.4, -0.2) is 24.0 Å². The van der Waals surface area contributed by atoms with Crippen molar-refractivity contribution in [2.45, 2.75) is 46.0 Å². The highest BCUT2D eigenvalue weighted by molar-refractivity contribution is 5.94. The third kappa shape index (κ3) is 6.22. The Balaban J connectivity index is 2.43. The van der Waals surface area contributed by atoms with Crippen LogP contribution in [0.3, 0.4) is 0 Å². The van der Waals surface area contributed by atoms with E-state index in [-0.39, 0.29) is 5.91 Å². The minimum Gasteiger partial charge on any atom is -0.384 e. The molecule has 1 aromatic heterocycles. The predicted octanol–water partition coefficient (Wildman–Crippen LogP) is 3.21. The predicted molar refractivity (Wildman–Crippen MR) is 79.5 cm³/mol. The number of anilines is 1. The van der Waals surface area contributed by atoms with Gasteiger partial charge in [0, 0.05) is 25.5 Å². The standard InChI is InChI=1S/C15H25N3O/c1-3-5-7-9-18-15(19)13-10-14(12-16-11-13)17-8-6-4-2/h10-12,17H,3-9H2,1-2H3,(H,18,19). The van der Waals surface area contributed by atoms with Crippen LogP contribution in [0, 0.1) is 0 Å². The van der Waals surface area contributed by atoms with Crippen LogP contribution >= 0.6 is 0 Å². The summed E-state index contributed by atoms with van der Waals surface area (Å²) in [5.41, 5.74) is 1.53. The minimum atomic E-state index is -0.0391. The number of nitrogens with zero attached hydrogens (tertiary/aromatic N) is 1. The molecule has 0 spiro atoms. The maximum Gasteiger partial charge on any atom is 0.252 e. The van der Waals surface area contributed by atoms with Crippen molar-refractivity contribution in [3.05, 3.63) is 24.0 Å². The third-order valence-electron chi connectivity index (χ3n) is 2.93. The third-order valence-corrected chi connectivity index (χ3v) is 2.93. The van der Waals surface area contributed by atoms with E-state index in [0.717, 1.165) is 50.9 Å². The number of pyridine rings is 1. The Hall–Kier alpha value is -1.58. The van der Waals surface area contributed by atoms with Crippen molar-refractivity contribution >= 4 is 11.6 Å². The molecule has 4 heteroatoms. The number of amides is 1. The maximum atomic E-state index is 11.9. The fourth-order valence-corrected chi connectivity index (χ4v) is 1.75. The summed E-state index contributed by atoms with van der Waals surface area (Å²) in [7, 11) is 0. The van der Waals surface area contributed by atoms with Crippen molar-refractivity contribution in [3.63, 3.8) is 0 Å². The molecule has 1 rings (SSSR count). The fourth-order valence-electron chi connectivity index (χ4n) is 1.75. The van der Waals surface area contributed by atoms with E-state index in [1.807, 2.05) is 6.07 Å². The highest BCUT2D eigenvalue weighted by Gasteiger charge is 2.05. The van der Waals surface area contributed by atoms with Gasteiger partial charge in [0.2, 0.25) is 0 Å². The first-order valence-electron chi connectivity index (χ1n) is 7.25. The Morgan fingerprint density at radius 1 is 1.11 bits per heavy atom. The lowest BCUT2D eigenvalue weighted by molar-refractivity contribution is 0.0952. The average Bonchev–Trinajstić information content (AvgIpc) is 2.44. The first-order chi connectivity index (χ1) is 9.27. The Kier molecular flexibility index (Phi) is 7.63. The summed E-state index contributed by atoms with van der Waals surface area (Å²) >= 11 is 0. The summed E-state index contributed by atoms with van der Waals surface area (Å²) in [6.45, 7) is 5.96. The van der Waals surface area contributed by atoms with E-state index in [4.69, 9.17) is 0 Å². The van der Waals surface area contributed by atoms with E-state index in [2.05, 4.69) is 29.5 Å². The van der Waals surface area contributed by atoms with Crippen LogP contribution in [0.15, 0.2) is 18.5 Å². The molecule has 0 aliphatic carbocycles. The number of rotatable bonds is 9. The van der Waals surface area contributed by atoms with Gasteiger partial charge >= 0.3 is 0 Å². The first kappa shape index (κ1) is 15.5. The van der Waals surface area contributed by atoms with Crippen molar-refractivity contribution in [2.24, 2.45) is 0 Å². The second-order valence-electron chi connectivity index (χ2n) is 4.71. The van der Waals surface area contributed by atoms with Gasteiger partial charge in [0.1, 0.15) is 0 Å². The van der Waals surface area contributed by atoms with Crippen LogP contribution in [0.4, 0.5) is 5.69 Å². The van der Waals surface area contributed by atoms with Gasteiger partial charge in [-0.25, -0.2) is 0 Å². The highest BCUT2D eigenvalue weighted by Crippen LogP contribution is 2.08. The van der Waals surface area contributed by atoms with E-state index in [1.165, 1.54) is 0 Å². The molecule has 0 fully saturated rings. The second-order valence-corrected chi connectivity index (χ2v) is 4.71. The average molecular weight is 263 g/mol. The van der Waals surface area contributed by atoms with Crippen molar-refractivity contribution in [3.8, 4) is 0 Å². The number of aromatic nitrogens is 1. The number of hydrogen-bond donors (Lipinski definition) is 2. The summed E-state index contributed by atoms with van der Waals surface area (Å²) in [5, 5.41) is 6.20. The van der Waals surface area contributed by atoms with E-state index in [0.29, 0.717) is 5.56 Å². The highest BCUT2D eigenvalue weighted by atomic mass is 16.1. The molecule has 19 heavy (non-hydrogen) atoms. The van der Waals surface area contributed by atoms with E-state index in [9.17, 15) is 4.79 Å². The van der Waals surface area contributed by atoms with Crippen molar-refractivity contribution < 1.29 is 4.79 Å². The monoisotopic (exact) mass is 263 g/mol. The molecule has 0 saturated heterocycles. The molecule has 0 bridgehead atoms. The maximum absolute atomic E-state index is 11.9. The Morgan fingerprint density at radius 2 is 1.89 bits per heavy atom. The zero-order chi connectivity index (χ0) is 13.9. The van der Waals surface area contributed by atoms with E-state index < -0.39 is 0 Å². The van der Waals surface area contributed by atoms with Gasteiger partial charge < -0.3 is 10.6 Å². The van der Waals surface area contributed by atoms with Crippen LogP contribution in [0.2, 0.25) is 0 Å². The van der Waals surface area contributed by atoms with Crippen molar-refractivity contribution in [2.75, 3.05) is 18.4 Å². The van der Waals surface area contributed by atoms with Gasteiger partial charge in [-0.3, -0.25) is 9.78 Å². The molecule has 0 unspecified atom stereocenters.